The molecular weight excluding hydrogens is 413 g/mol. The number of thiophene rings is 1. The predicted molar refractivity (Wildman–Crippen MR) is 119 cm³/mol. The Bertz CT molecular complexity index is 1290. The lowest BCUT2D eigenvalue weighted by molar-refractivity contribution is -0.140. The van der Waals surface area contributed by atoms with Crippen LogP contribution < -0.4 is 0 Å². The van der Waals surface area contributed by atoms with E-state index >= 15 is 0 Å². The Labute approximate surface area is 182 Å². The second-order valence-corrected chi connectivity index (χ2v) is 8.51. The van der Waals surface area contributed by atoms with Crippen LogP contribution in [0.5, 0.6) is 0 Å². The van der Waals surface area contributed by atoms with E-state index in [-0.39, 0.29) is 17.1 Å². The fourth-order valence-electron chi connectivity index (χ4n) is 4.28. The molecule has 6 heteroatoms. The van der Waals surface area contributed by atoms with E-state index < -0.39 is 18.0 Å². The highest BCUT2D eigenvalue weighted by atomic mass is 32.1. The Morgan fingerprint density at radius 1 is 1.19 bits per heavy atom. The molecule has 1 aliphatic rings. The summed E-state index contributed by atoms with van der Waals surface area (Å²) in [5, 5.41) is 15.7. The molecule has 1 aliphatic heterocycles. The number of fused-ring (bicyclic) bond motifs is 1. The van der Waals surface area contributed by atoms with E-state index in [0.29, 0.717) is 6.42 Å². The summed E-state index contributed by atoms with van der Waals surface area (Å²) >= 11 is 1.51. The van der Waals surface area contributed by atoms with Gasteiger partial charge in [0.15, 0.2) is 6.10 Å². The molecule has 2 unspecified atom stereocenters. The first-order valence-corrected chi connectivity index (χ1v) is 10.9. The first kappa shape index (κ1) is 19.6. The van der Waals surface area contributed by atoms with Crippen LogP contribution in [0.15, 0.2) is 76.7 Å². The molecule has 0 spiro atoms. The van der Waals surface area contributed by atoms with Crippen molar-refractivity contribution in [2.45, 2.75) is 25.4 Å². The summed E-state index contributed by atoms with van der Waals surface area (Å²) in [5.74, 6) is -1.43. The number of hydrogen-bond donors (Lipinski definition) is 2. The molecular formula is C25H20FNO3S. The number of rotatable bonds is 5. The van der Waals surface area contributed by atoms with E-state index in [9.17, 15) is 14.3 Å². The molecule has 0 bridgehead atoms. The maximum Gasteiger partial charge on any atom is 0.339 e. The molecule has 3 heterocycles. The first-order valence-electron chi connectivity index (χ1n) is 10.0. The van der Waals surface area contributed by atoms with Gasteiger partial charge in [-0.15, -0.1) is 0 Å². The van der Waals surface area contributed by atoms with Gasteiger partial charge in [0, 0.05) is 23.0 Å². The predicted octanol–water partition coefficient (Wildman–Crippen LogP) is 5.79. The van der Waals surface area contributed by atoms with Crippen molar-refractivity contribution in [3.05, 3.63) is 105 Å². The van der Waals surface area contributed by atoms with Crippen LogP contribution in [-0.2, 0) is 16.0 Å². The van der Waals surface area contributed by atoms with Gasteiger partial charge in [-0.05, 0) is 58.6 Å². The van der Waals surface area contributed by atoms with Crippen molar-refractivity contribution in [2.75, 3.05) is 0 Å². The number of nitrogens with one attached hydrogen (secondary N) is 1. The van der Waals surface area contributed by atoms with Gasteiger partial charge < -0.3 is 14.8 Å². The summed E-state index contributed by atoms with van der Waals surface area (Å²) in [6.07, 6.45) is -0.331. The molecule has 4 nitrogen and oxygen atoms in total. The molecule has 2 aromatic carbocycles. The number of aromatic nitrogens is 1. The summed E-state index contributed by atoms with van der Waals surface area (Å²) in [6.45, 7) is 1.90. The molecule has 156 valence electrons. The third-order valence-electron chi connectivity index (χ3n) is 5.83. The highest BCUT2D eigenvalue weighted by Gasteiger charge is 2.41. The molecule has 0 saturated carbocycles. The van der Waals surface area contributed by atoms with Gasteiger partial charge in [0.2, 0.25) is 0 Å². The zero-order chi connectivity index (χ0) is 21.5. The molecule has 31 heavy (non-hydrogen) atoms. The van der Waals surface area contributed by atoms with Crippen molar-refractivity contribution in [1.82, 2.24) is 4.98 Å². The van der Waals surface area contributed by atoms with Gasteiger partial charge >= 0.3 is 5.97 Å². The number of carbonyl (C=O) groups excluding carboxylic acids is 1. The molecule has 2 N–H and O–H groups in total. The summed E-state index contributed by atoms with van der Waals surface area (Å²) in [5.41, 5.74) is 4.44. The topological polar surface area (TPSA) is 62.3 Å². The molecule has 0 amide bonds. The Hall–Kier alpha value is -3.38. The van der Waals surface area contributed by atoms with E-state index in [1.165, 1.54) is 23.5 Å². The van der Waals surface area contributed by atoms with Crippen molar-refractivity contribution in [1.29, 1.82) is 0 Å². The Balaban J connectivity index is 1.63. The maximum atomic E-state index is 13.8. The monoisotopic (exact) mass is 433 g/mol. The number of cyclic esters (lactones) is 1. The zero-order valence-corrected chi connectivity index (χ0v) is 17.6. The summed E-state index contributed by atoms with van der Waals surface area (Å²) in [6, 6.07) is 16.1. The third kappa shape index (κ3) is 3.43. The van der Waals surface area contributed by atoms with E-state index in [4.69, 9.17) is 4.74 Å². The summed E-state index contributed by atoms with van der Waals surface area (Å²) in [4.78, 5) is 16.3. The number of H-pyrrole nitrogens is 1. The smallest absolute Gasteiger partial charge is 0.339 e. The minimum atomic E-state index is -0.729. The molecule has 2 atom stereocenters. The number of carbonyl (C=O) groups is 1. The number of esters is 1. The average molecular weight is 434 g/mol. The summed E-state index contributed by atoms with van der Waals surface area (Å²) in [7, 11) is 0. The first-order chi connectivity index (χ1) is 15.0. The number of aromatic amines is 1. The molecule has 2 aromatic heterocycles. The van der Waals surface area contributed by atoms with Crippen LogP contribution >= 0.6 is 11.3 Å². The fourth-order valence-corrected chi connectivity index (χ4v) is 4.97. The molecule has 0 saturated heterocycles. The van der Waals surface area contributed by atoms with E-state index in [0.717, 1.165) is 33.3 Å². The number of benzene rings is 2. The Morgan fingerprint density at radius 3 is 2.74 bits per heavy atom. The number of aliphatic hydroxyl groups excluding tert-OH is 1. The largest absolute Gasteiger partial charge is 0.508 e. The number of hydrogen-bond acceptors (Lipinski definition) is 4. The fraction of sp³-hybridized carbons (Fsp3) is 0.160. The van der Waals surface area contributed by atoms with Crippen molar-refractivity contribution in [2.24, 2.45) is 0 Å². The van der Waals surface area contributed by atoms with Crippen LogP contribution in [0, 0.1) is 12.7 Å². The van der Waals surface area contributed by atoms with Crippen LogP contribution in [0.4, 0.5) is 4.39 Å². The number of ether oxygens (including phenoxy) is 1. The molecule has 0 fully saturated rings. The Morgan fingerprint density at radius 2 is 2.00 bits per heavy atom. The maximum absolute atomic E-state index is 13.8. The van der Waals surface area contributed by atoms with Crippen molar-refractivity contribution >= 4 is 28.2 Å². The Kier molecular flexibility index (Phi) is 4.87. The quantitative estimate of drug-likeness (QED) is 0.392. The van der Waals surface area contributed by atoms with Gasteiger partial charge in [-0.3, -0.25) is 0 Å². The van der Waals surface area contributed by atoms with Gasteiger partial charge in [0.05, 0.1) is 11.5 Å². The standard InChI is InChI=1S/C25H20FNO3S/c1-14-18-12-17(26)7-8-19(18)27-23(14)21(16-9-10-31-13-16)22-24(28)20(30-25(22)29)11-15-5-3-2-4-6-15/h2-10,12-13,20-21,27-28H,11H2,1H3. The van der Waals surface area contributed by atoms with E-state index in [1.54, 1.807) is 6.07 Å². The molecule has 0 aliphatic carbocycles. The molecule has 4 aromatic rings. The highest BCUT2D eigenvalue weighted by molar-refractivity contribution is 7.08. The van der Waals surface area contributed by atoms with Crippen molar-refractivity contribution in [3.8, 4) is 0 Å². The number of aryl methyl sites for hydroxylation is 1. The summed E-state index contributed by atoms with van der Waals surface area (Å²) < 4.78 is 19.4. The van der Waals surface area contributed by atoms with Crippen LogP contribution in [0.25, 0.3) is 10.9 Å². The lowest BCUT2D eigenvalue weighted by Crippen LogP contribution is -2.14. The van der Waals surface area contributed by atoms with E-state index in [1.807, 2.05) is 54.1 Å². The lowest BCUT2D eigenvalue weighted by atomic mass is 9.87. The van der Waals surface area contributed by atoms with Gasteiger partial charge in [-0.2, -0.15) is 11.3 Å². The minimum Gasteiger partial charge on any atom is -0.508 e. The van der Waals surface area contributed by atoms with E-state index in [2.05, 4.69) is 4.98 Å². The highest BCUT2D eigenvalue weighted by Crippen LogP contribution is 2.42. The van der Waals surface area contributed by atoms with Crippen LogP contribution in [0.2, 0.25) is 0 Å². The zero-order valence-electron chi connectivity index (χ0n) is 16.8. The third-order valence-corrected chi connectivity index (χ3v) is 6.53. The SMILES string of the molecule is Cc1c(C(C2=C(O)C(Cc3ccccc3)OC2=O)c2ccsc2)[nH]c2ccc(F)cc12. The number of halogens is 1. The average Bonchev–Trinajstić information content (AvgIpc) is 3.46. The molecule has 0 radical (unpaired) electrons. The van der Waals surface area contributed by atoms with Gasteiger partial charge in [-0.1, -0.05) is 30.3 Å². The normalized spacial score (nSPS) is 17.4. The second-order valence-electron chi connectivity index (χ2n) is 7.73. The van der Waals surface area contributed by atoms with Crippen LogP contribution in [0.1, 0.15) is 28.3 Å². The van der Waals surface area contributed by atoms with Crippen molar-refractivity contribution in [3.63, 3.8) is 0 Å². The van der Waals surface area contributed by atoms with Crippen LogP contribution in [-0.4, -0.2) is 22.2 Å². The van der Waals surface area contributed by atoms with Crippen LogP contribution in [0.3, 0.4) is 0 Å². The van der Waals surface area contributed by atoms with Gasteiger partial charge in [0.1, 0.15) is 11.6 Å². The lowest BCUT2D eigenvalue weighted by Gasteiger charge is -2.16. The molecule has 5 rings (SSSR count). The van der Waals surface area contributed by atoms with Gasteiger partial charge in [0.25, 0.3) is 0 Å². The van der Waals surface area contributed by atoms with Gasteiger partial charge in [-0.25, -0.2) is 9.18 Å². The van der Waals surface area contributed by atoms with Crippen molar-refractivity contribution < 1.29 is 19.0 Å². The second kappa shape index (κ2) is 7.71. The minimum absolute atomic E-state index is 0.0470. The number of aliphatic hydroxyl groups is 1.